The van der Waals surface area contributed by atoms with Crippen LogP contribution in [0, 0.1) is 12.8 Å². The van der Waals surface area contributed by atoms with E-state index in [0.29, 0.717) is 11.5 Å². The fourth-order valence-electron chi connectivity index (χ4n) is 1.87. The Kier molecular flexibility index (Phi) is 5.86. The molecule has 0 aliphatic rings. The summed E-state index contributed by atoms with van der Waals surface area (Å²) >= 11 is 3.45. The van der Waals surface area contributed by atoms with E-state index >= 15 is 0 Å². The molecule has 0 saturated heterocycles. The second-order valence-electron chi connectivity index (χ2n) is 5.09. The maximum absolute atomic E-state index is 12.1. The van der Waals surface area contributed by atoms with Crippen molar-refractivity contribution in [2.24, 2.45) is 5.92 Å². The van der Waals surface area contributed by atoms with Crippen molar-refractivity contribution in [2.75, 3.05) is 0 Å². The summed E-state index contributed by atoms with van der Waals surface area (Å²) in [6, 6.07) is 5.91. The normalized spacial score (nSPS) is 14.1. The molecule has 0 bridgehead atoms. The van der Waals surface area contributed by atoms with Gasteiger partial charge in [0.2, 0.25) is 0 Å². The summed E-state index contributed by atoms with van der Waals surface area (Å²) in [7, 11) is 0. The molecule has 1 aromatic carbocycles. The van der Waals surface area contributed by atoms with Crippen LogP contribution in [0.2, 0.25) is 0 Å². The lowest BCUT2D eigenvalue weighted by atomic mass is 10.00. The number of carbonyl (C=O) groups excluding carboxylic acids is 1. The van der Waals surface area contributed by atoms with Crippen LogP contribution in [0.1, 0.15) is 49.5 Å². The lowest BCUT2D eigenvalue weighted by molar-refractivity contribution is 0.0935. The third-order valence-electron chi connectivity index (χ3n) is 3.26. The van der Waals surface area contributed by atoms with Gasteiger partial charge in [-0.25, -0.2) is 0 Å². The molecule has 0 spiro atoms. The van der Waals surface area contributed by atoms with Gasteiger partial charge in [-0.1, -0.05) is 42.3 Å². The van der Waals surface area contributed by atoms with E-state index in [2.05, 4.69) is 42.0 Å². The molecule has 0 fully saturated rings. The minimum absolute atomic E-state index is 0.00602. The number of nitrogens with one attached hydrogen (secondary N) is 1. The highest BCUT2D eigenvalue weighted by Gasteiger charge is 2.12. The zero-order chi connectivity index (χ0) is 13.7. The van der Waals surface area contributed by atoms with E-state index in [1.54, 1.807) is 0 Å². The molecule has 18 heavy (non-hydrogen) atoms. The largest absolute Gasteiger partial charge is 0.350 e. The molecule has 2 atom stereocenters. The van der Waals surface area contributed by atoms with E-state index in [1.807, 2.05) is 25.1 Å². The van der Waals surface area contributed by atoms with Gasteiger partial charge < -0.3 is 5.32 Å². The van der Waals surface area contributed by atoms with Gasteiger partial charge in [-0.2, -0.15) is 0 Å². The van der Waals surface area contributed by atoms with E-state index in [1.165, 1.54) is 0 Å². The monoisotopic (exact) mass is 311 g/mol. The van der Waals surface area contributed by atoms with Gasteiger partial charge in [-0.05, 0) is 43.9 Å². The molecule has 100 valence electrons. The zero-order valence-electron chi connectivity index (χ0n) is 11.6. The summed E-state index contributed by atoms with van der Waals surface area (Å²) in [5, 5.41) is 3.05. The molecular formula is C15H22BrNO. The van der Waals surface area contributed by atoms with E-state index in [-0.39, 0.29) is 11.9 Å². The van der Waals surface area contributed by atoms with Gasteiger partial charge in [-0.15, -0.1) is 0 Å². The molecule has 1 amide bonds. The Balaban J connectivity index is 2.62. The Labute approximate surface area is 118 Å². The van der Waals surface area contributed by atoms with Crippen molar-refractivity contribution in [1.82, 2.24) is 5.32 Å². The number of aryl methyl sites for hydroxylation is 1. The van der Waals surface area contributed by atoms with Crippen molar-refractivity contribution >= 4 is 21.8 Å². The lowest BCUT2D eigenvalue weighted by Crippen LogP contribution is -2.33. The van der Waals surface area contributed by atoms with Gasteiger partial charge in [0.25, 0.3) is 5.91 Å². The molecule has 1 N–H and O–H groups in total. The molecule has 3 heteroatoms. The van der Waals surface area contributed by atoms with Crippen LogP contribution in [0.25, 0.3) is 0 Å². The highest BCUT2D eigenvalue weighted by molar-refractivity contribution is 9.10. The van der Waals surface area contributed by atoms with Crippen LogP contribution in [0.4, 0.5) is 0 Å². The van der Waals surface area contributed by atoms with Gasteiger partial charge in [0, 0.05) is 16.1 Å². The van der Waals surface area contributed by atoms with Crippen LogP contribution in [0.3, 0.4) is 0 Å². The number of hydrogen-bond acceptors (Lipinski definition) is 1. The van der Waals surface area contributed by atoms with E-state index in [4.69, 9.17) is 0 Å². The minimum atomic E-state index is 0.00602. The standard InChI is InChI=1S/C15H22BrNO/c1-5-10(2)8-12(4)17-15(18)13-7-6-11(3)14(16)9-13/h6-7,9-10,12H,5,8H2,1-4H3,(H,17,18). The summed E-state index contributed by atoms with van der Waals surface area (Å²) in [4.78, 5) is 12.1. The van der Waals surface area contributed by atoms with Gasteiger partial charge in [0.05, 0.1) is 0 Å². The first-order valence-corrected chi connectivity index (χ1v) is 7.30. The van der Waals surface area contributed by atoms with Crippen molar-refractivity contribution in [1.29, 1.82) is 0 Å². The topological polar surface area (TPSA) is 29.1 Å². The van der Waals surface area contributed by atoms with Crippen molar-refractivity contribution in [2.45, 2.75) is 46.6 Å². The molecule has 0 aliphatic carbocycles. The fraction of sp³-hybridized carbons (Fsp3) is 0.533. The molecule has 0 aromatic heterocycles. The smallest absolute Gasteiger partial charge is 0.251 e. The van der Waals surface area contributed by atoms with Gasteiger partial charge in [0.15, 0.2) is 0 Å². The maximum Gasteiger partial charge on any atom is 0.251 e. The average molecular weight is 312 g/mol. The summed E-state index contributed by atoms with van der Waals surface area (Å²) < 4.78 is 0.977. The molecule has 2 nitrogen and oxygen atoms in total. The third-order valence-corrected chi connectivity index (χ3v) is 4.12. The molecular weight excluding hydrogens is 290 g/mol. The Morgan fingerprint density at radius 3 is 2.61 bits per heavy atom. The average Bonchev–Trinajstić information content (AvgIpc) is 2.32. The van der Waals surface area contributed by atoms with Gasteiger partial charge in [-0.3, -0.25) is 4.79 Å². The third kappa shape index (κ3) is 4.45. The van der Waals surface area contributed by atoms with Crippen molar-refractivity contribution in [3.05, 3.63) is 33.8 Å². The quantitative estimate of drug-likeness (QED) is 0.862. The molecule has 2 unspecified atom stereocenters. The summed E-state index contributed by atoms with van der Waals surface area (Å²) in [6.07, 6.45) is 2.17. The highest BCUT2D eigenvalue weighted by Crippen LogP contribution is 2.18. The van der Waals surface area contributed by atoms with Crippen molar-refractivity contribution < 1.29 is 4.79 Å². The van der Waals surface area contributed by atoms with Crippen LogP contribution in [0.15, 0.2) is 22.7 Å². The van der Waals surface area contributed by atoms with Gasteiger partial charge >= 0.3 is 0 Å². The first kappa shape index (κ1) is 15.2. The molecule has 0 radical (unpaired) electrons. The molecule has 0 aliphatic heterocycles. The number of carbonyl (C=O) groups is 1. The second-order valence-corrected chi connectivity index (χ2v) is 5.94. The summed E-state index contributed by atoms with van der Waals surface area (Å²) in [5.41, 5.74) is 1.85. The number of rotatable bonds is 5. The Bertz CT molecular complexity index is 417. The van der Waals surface area contributed by atoms with E-state index < -0.39 is 0 Å². The lowest BCUT2D eigenvalue weighted by Gasteiger charge is -2.17. The number of hydrogen-bond donors (Lipinski definition) is 1. The first-order valence-electron chi connectivity index (χ1n) is 6.51. The molecule has 1 aromatic rings. The van der Waals surface area contributed by atoms with Crippen molar-refractivity contribution in [3.63, 3.8) is 0 Å². The Morgan fingerprint density at radius 1 is 1.39 bits per heavy atom. The number of halogens is 1. The number of amides is 1. The van der Waals surface area contributed by atoms with Crippen LogP contribution in [-0.4, -0.2) is 11.9 Å². The van der Waals surface area contributed by atoms with Crippen LogP contribution >= 0.6 is 15.9 Å². The van der Waals surface area contributed by atoms with Crippen LogP contribution in [-0.2, 0) is 0 Å². The van der Waals surface area contributed by atoms with Crippen molar-refractivity contribution in [3.8, 4) is 0 Å². The SMILES string of the molecule is CCC(C)CC(C)NC(=O)c1ccc(C)c(Br)c1. The van der Waals surface area contributed by atoms with Gasteiger partial charge in [0.1, 0.15) is 0 Å². The zero-order valence-corrected chi connectivity index (χ0v) is 13.2. The second kappa shape index (κ2) is 6.93. The maximum atomic E-state index is 12.1. The van der Waals surface area contributed by atoms with Crippen LogP contribution in [0.5, 0.6) is 0 Å². The minimum Gasteiger partial charge on any atom is -0.350 e. The van der Waals surface area contributed by atoms with E-state index in [0.717, 1.165) is 22.9 Å². The Hall–Kier alpha value is -0.830. The number of benzene rings is 1. The van der Waals surface area contributed by atoms with E-state index in [9.17, 15) is 4.79 Å². The molecule has 0 heterocycles. The molecule has 0 saturated carbocycles. The predicted molar refractivity (Wildman–Crippen MR) is 79.9 cm³/mol. The Morgan fingerprint density at radius 2 is 2.06 bits per heavy atom. The molecule has 1 rings (SSSR count). The first-order chi connectivity index (χ1) is 8.43. The summed E-state index contributed by atoms with van der Waals surface area (Å²) in [6.45, 7) is 8.46. The van der Waals surface area contributed by atoms with Crippen LogP contribution < -0.4 is 5.32 Å². The summed E-state index contributed by atoms with van der Waals surface area (Å²) in [5.74, 6) is 0.650. The predicted octanol–water partition coefficient (Wildman–Crippen LogP) is 4.31. The highest BCUT2D eigenvalue weighted by atomic mass is 79.9. The fourth-order valence-corrected chi connectivity index (χ4v) is 2.25.